The number of methoxy groups -OCH3 is 1. The van der Waals surface area contributed by atoms with E-state index in [1.807, 2.05) is 31.2 Å². The zero-order chi connectivity index (χ0) is 14.5. The van der Waals surface area contributed by atoms with Gasteiger partial charge in [0.1, 0.15) is 5.82 Å². The molecule has 5 heteroatoms. The smallest absolute Gasteiger partial charge is 0.337 e. The monoisotopic (exact) mass is 334 g/mol. The molecule has 1 aromatic carbocycles. The zero-order valence-electron chi connectivity index (χ0n) is 11.3. The highest BCUT2D eigenvalue weighted by molar-refractivity contribution is 9.10. The van der Waals surface area contributed by atoms with E-state index in [9.17, 15) is 4.79 Å². The van der Waals surface area contributed by atoms with E-state index in [2.05, 4.69) is 26.2 Å². The lowest BCUT2D eigenvalue weighted by molar-refractivity contribution is 0.0600. The van der Waals surface area contributed by atoms with Gasteiger partial charge in [-0.3, -0.25) is 0 Å². The molecule has 0 fully saturated rings. The van der Waals surface area contributed by atoms with Crippen molar-refractivity contribution in [2.75, 3.05) is 12.4 Å². The van der Waals surface area contributed by atoms with Crippen molar-refractivity contribution in [3.05, 3.63) is 57.7 Å². The van der Waals surface area contributed by atoms with Gasteiger partial charge in [-0.2, -0.15) is 0 Å². The number of hydrogen-bond acceptors (Lipinski definition) is 4. The van der Waals surface area contributed by atoms with Gasteiger partial charge in [-0.15, -0.1) is 0 Å². The molecule has 0 unspecified atom stereocenters. The first-order chi connectivity index (χ1) is 9.60. The number of nitrogens with one attached hydrogen (secondary N) is 1. The number of nitrogens with zero attached hydrogens (tertiary/aromatic N) is 1. The largest absolute Gasteiger partial charge is 0.465 e. The van der Waals surface area contributed by atoms with E-state index in [1.165, 1.54) is 7.11 Å². The molecule has 104 valence electrons. The summed E-state index contributed by atoms with van der Waals surface area (Å²) in [5.74, 6) is 0.471. The number of hydrogen-bond donors (Lipinski definition) is 1. The number of aromatic nitrogens is 1. The summed E-state index contributed by atoms with van der Waals surface area (Å²) in [6.07, 6.45) is 1.77. The Labute approximate surface area is 126 Å². The van der Waals surface area contributed by atoms with Crippen LogP contribution < -0.4 is 5.32 Å². The van der Waals surface area contributed by atoms with Crippen LogP contribution in [0.15, 0.2) is 41.0 Å². The maximum Gasteiger partial charge on any atom is 0.337 e. The van der Waals surface area contributed by atoms with Gasteiger partial charge in [0, 0.05) is 17.2 Å². The van der Waals surface area contributed by atoms with E-state index in [-0.39, 0.29) is 5.97 Å². The van der Waals surface area contributed by atoms with E-state index in [0.29, 0.717) is 12.1 Å². The van der Waals surface area contributed by atoms with Crippen molar-refractivity contribution in [1.29, 1.82) is 0 Å². The summed E-state index contributed by atoms with van der Waals surface area (Å²) in [5, 5.41) is 3.23. The molecular weight excluding hydrogens is 320 g/mol. The van der Waals surface area contributed by atoms with Gasteiger partial charge < -0.3 is 10.1 Å². The average molecular weight is 335 g/mol. The topological polar surface area (TPSA) is 51.2 Å². The third-order valence-corrected chi connectivity index (χ3v) is 3.70. The van der Waals surface area contributed by atoms with Gasteiger partial charge in [-0.25, -0.2) is 9.78 Å². The Kier molecular flexibility index (Phi) is 4.74. The number of rotatable bonds is 4. The van der Waals surface area contributed by atoms with Gasteiger partial charge in [0.05, 0.1) is 12.7 Å². The number of carbonyl (C=O) groups is 1. The fraction of sp³-hybridized carbons (Fsp3) is 0.200. The Morgan fingerprint density at radius 1 is 1.40 bits per heavy atom. The first-order valence-corrected chi connectivity index (χ1v) is 6.92. The van der Waals surface area contributed by atoms with Crippen LogP contribution in [0.25, 0.3) is 0 Å². The Balaban J connectivity index is 2.07. The van der Waals surface area contributed by atoms with Crippen LogP contribution in [0.5, 0.6) is 0 Å². The predicted molar refractivity (Wildman–Crippen MR) is 81.8 cm³/mol. The fourth-order valence-electron chi connectivity index (χ4n) is 1.75. The standard InChI is InChI=1S/C15H15BrN2O2/c1-10-6-14(18-9-13(10)16)17-8-11-4-3-5-12(7-11)15(19)20-2/h3-7,9H,8H2,1-2H3,(H,17,18). The zero-order valence-corrected chi connectivity index (χ0v) is 12.9. The number of ether oxygens (including phenoxy) is 1. The SMILES string of the molecule is COC(=O)c1cccc(CNc2cc(C)c(Br)cn2)c1. The second-order valence-electron chi connectivity index (χ2n) is 4.36. The van der Waals surface area contributed by atoms with E-state index >= 15 is 0 Å². The molecule has 1 heterocycles. The van der Waals surface area contributed by atoms with Gasteiger partial charge >= 0.3 is 5.97 Å². The Morgan fingerprint density at radius 3 is 2.90 bits per heavy atom. The van der Waals surface area contributed by atoms with Crippen molar-refractivity contribution in [1.82, 2.24) is 4.98 Å². The van der Waals surface area contributed by atoms with Crippen molar-refractivity contribution in [3.63, 3.8) is 0 Å². The molecule has 1 N–H and O–H groups in total. The number of aryl methyl sites for hydroxylation is 1. The van der Waals surface area contributed by atoms with Crippen LogP contribution in [0.1, 0.15) is 21.5 Å². The maximum atomic E-state index is 11.5. The molecule has 20 heavy (non-hydrogen) atoms. The molecule has 0 aliphatic heterocycles. The molecule has 0 aliphatic rings. The van der Waals surface area contributed by atoms with E-state index < -0.39 is 0 Å². The third kappa shape index (κ3) is 3.57. The number of esters is 1. The predicted octanol–water partition coefficient (Wildman–Crippen LogP) is 3.55. The van der Waals surface area contributed by atoms with Gasteiger partial charge in [0.15, 0.2) is 0 Å². The highest BCUT2D eigenvalue weighted by Gasteiger charge is 2.05. The van der Waals surface area contributed by atoms with Gasteiger partial charge in [-0.05, 0) is 52.2 Å². The van der Waals surface area contributed by atoms with Crippen LogP contribution in [-0.2, 0) is 11.3 Å². The van der Waals surface area contributed by atoms with Crippen molar-refractivity contribution >= 4 is 27.7 Å². The molecule has 0 radical (unpaired) electrons. The van der Waals surface area contributed by atoms with Crippen molar-refractivity contribution in [3.8, 4) is 0 Å². The number of halogens is 1. The summed E-state index contributed by atoms with van der Waals surface area (Å²) in [6.45, 7) is 2.60. The minimum atomic E-state index is -0.329. The van der Waals surface area contributed by atoms with Crippen LogP contribution >= 0.6 is 15.9 Å². The lowest BCUT2D eigenvalue weighted by Crippen LogP contribution is -2.05. The molecule has 4 nitrogen and oxygen atoms in total. The first kappa shape index (κ1) is 14.5. The summed E-state index contributed by atoms with van der Waals surface area (Å²) in [5.41, 5.74) is 2.66. The Hall–Kier alpha value is -1.88. The molecule has 0 bridgehead atoms. The summed E-state index contributed by atoms with van der Waals surface area (Å²) in [4.78, 5) is 15.7. The molecule has 0 spiro atoms. The second-order valence-corrected chi connectivity index (χ2v) is 5.22. The third-order valence-electron chi connectivity index (χ3n) is 2.87. The van der Waals surface area contributed by atoms with Gasteiger partial charge in [0.25, 0.3) is 0 Å². The first-order valence-electron chi connectivity index (χ1n) is 6.13. The minimum Gasteiger partial charge on any atom is -0.465 e. The van der Waals surface area contributed by atoms with E-state index in [4.69, 9.17) is 4.74 Å². The second kappa shape index (κ2) is 6.52. The molecule has 0 saturated heterocycles. The summed E-state index contributed by atoms with van der Waals surface area (Å²) >= 11 is 3.42. The van der Waals surface area contributed by atoms with Crippen LogP contribution in [0.4, 0.5) is 5.82 Å². The number of anilines is 1. The summed E-state index contributed by atoms with van der Waals surface area (Å²) < 4.78 is 5.69. The molecular formula is C15H15BrN2O2. The molecule has 0 aliphatic carbocycles. The van der Waals surface area contributed by atoms with E-state index in [0.717, 1.165) is 21.4 Å². The number of benzene rings is 1. The summed E-state index contributed by atoms with van der Waals surface area (Å²) in [7, 11) is 1.38. The molecule has 2 aromatic rings. The molecule has 2 rings (SSSR count). The average Bonchev–Trinajstić information content (AvgIpc) is 2.48. The van der Waals surface area contributed by atoms with Gasteiger partial charge in [-0.1, -0.05) is 12.1 Å². The van der Waals surface area contributed by atoms with Crippen molar-refractivity contribution in [2.24, 2.45) is 0 Å². The van der Waals surface area contributed by atoms with Crippen molar-refractivity contribution in [2.45, 2.75) is 13.5 Å². The van der Waals surface area contributed by atoms with Crippen LogP contribution in [0, 0.1) is 6.92 Å². The van der Waals surface area contributed by atoms with E-state index in [1.54, 1.807) is 12.3 Å². The Morgan fingerprint density at radius 2 is 2.20 bits per heavy atom. The highest BCUT2D eigenvalue weighted by atomic mass is 79.9. The molecule has 1 aromatic heterocycles. The van der Waals surface area contributed by atoms with Crippen LogP contribution in [0.3, 0.4) is 0 Å². The number of pyridine rings is 1. The highest BCUT2D eigenvalue weighted by Crippen LogP contribution is 2.18. The number of carbonyl (C=O) groups excluding carboxylic acids is 1. The summed E-state index contributed by atoms with van der Waals surface area (Å²) in [6, 6.07) is 9.30. The minimum absolute atomic E-state index is 0.329. The van der Waals surface area contributed by atoms with Crippen molar-refractivity contribution < 1.29 is 9.53 Å². The lowest BCUT2D eigenvalue weighted by atomic mass is 10.1. The Bertz CT molecular complexity index is 629. The van der Waals surface area contributed by atoms with Gasteiger partial charge in [0.2, 0.25) is 0 Å². The normalized spacial score (nSPS) is 10.2. The quantitative estimate of drug-likeness (QED) is 0.868. The molecule has 0 amide bonds. The van der Waals surface area contributed by atoms with Crippen LogP contribution in [-0.4, -0.2) is 18.1 Å². The fourth-order valence-corrected chi connectivity index (χ4v) is 1.97. The molecule has 0 atom stereocenters. The van der Waals surface area contributed by atoms with Crippen LogP contribution in [0.2, 0.25) is 0 Å². The maximum absolute atomic E-state index is 11.5. The lowest BCUT2D eigenvalue weighted by Gasteiger charge is -2.08. The molecule has 0 saturated carbocycles.